The molecule has 0 atom stereocenters. The molecule has 0 saturated carbocycles. The van der Waals surface area contributed by atoms with Gasteiger partial charge in [-0.15, -0.1) is 24.0 Å². The second-order valence-corrected chi connectivity index (χ2v) is 7.07. The number of hydrogen-bond donors (Lipinski definition) is 2. The molecule has 0 radical (unpaired) electrons. The minimum absolute atomic E-state index is 0. The highest BCUT2D eigenvalue weighted by atomic mass is 127. The Kier molecular flexibility index (Phi) is 8.19. The van der Waals surface area contributed by atoms with Gasteiger partial charge in [0.1, 0.15) is 0 Å². The van der Waals surface area contributed by atoms with Gasteiger partial charge in [-0.3, -0.25) is 4.99 Å². The molecule has 0 fully saturated rings. The average molecular weight is 504 g/mol. The third-order valence-electron chi connectivity index (χ3n) is 4.66. The van der Waals surface area contributed by atoms with Gasteiger partial charge >= 0.3 is 0 Å². The number of guanidine groups is 1. The molecule has 0 saturated heterocycles. The van der Waals surface area contributed by atoms with Crippen LogP contribution in [-0.4, -0.2) is 27.8 Å². The van der Waals surface area contributed by atoms with E-state index in [0.29, 0.717) is 6.54 Å². The Labute approximate surface area is 189 Å². The van der Waals surface area contributed by atoms with Crippen molar-refractivity contribution in [3.05, 3.63) is 76.2 Å². The lowest BCUT2D eigenvalue weighted by Crippen LogP contribution is -2.36. The molecule has 0 aliphatic heterocycles. The van der Waals surface area contributed by atoms with Crippen LogP contribution in [0.15, 0.2) is 47.6 Å². The summed E-state index contributed by atoms with van der Waals surface area (Å²) in [4.78, 5) is 8.85. The standard InChI is InChI=1S/C22H28N6.HI/c1-15-6-8-20(16(2)10-15)14-26-22(23-5)25-13-19-7-9-21(24-12-19)28-18(4)11-17(3)27-28;/h6-12H,13-14H2,1-5H3,(H2,23,25,26);1H. The van der Waals surface area contributed by atoms with E-state index in [1.807, 2.05) is 36.9 Å². The van der Waals surface area contributed by atoms with Gasteiger partial charge in [0, 0.05) is 32.0 Å². The molecule has 3 aromatic rings. The van der Waals surface area contributed by atoms with Crippen LogP contribution in [0.3, 0.4) is 0 Å². The molecule has 6 nitrogen and oxygen atoms in total. The fourth-order valence-corrected chi connectivity index (χ4v) is 3.14. The molecule has 0 aliphatic rings. The van der Waals surface area contributed by atoms with E-state index in [9.17, 15) is 0 Å². The highest BCUT2D eigenvalue weighted by Gasteiger charge is 2.06. The first-order chi connectivity index (χ1) is 13.5. The number of pyridine rings is 1. The van der Waals surface area contributed by atoms with E-state index in [1.54, 1.807) is 7.05 Å². The number of nitrogens with one attached hydrogen (secondary N) is 2. The Bertz CT molecular complexity index is 975. The first kappa shape index (κ1) is 22.9. The third-order valence-corrected chi connectivity index (χ3v) is 4.66. The minimum Gasteiger partial charge on any atom is -0.352 e. The number of aromatic nitrogens is 3. The monoisotopic (exact) mass is 504 g/mol. The Balaban J connectivity index is 0.00000300. The number of nitrogens with zero attached hydrogens (tertiary/aromatic N) is 4. The van der Waals surface area contributed by atoms with Crippen molar-refractivity contribution in [2.24, 2.45) is 4.99 Å². The van der Waals surface area contributed by atoms with Crippen LogP contribution in [0.5, 0.6) is 0 Å². The van der Waals surface area contributed by atoms with Crippen molar-refractivity contribution in [1.29, 1.82) is 0 Å². The number of aryl methyl sites for hydroxylation is 4. The van der Waals surface area contributed by atoms with E-state index >= 15 is 0 Å². The van der Waals surface area contributed by atoms with E-state index in [0.717, 1.165) is 35.3 Å². The Hall–Kier alpha value is -2.42. The minimum atomic E-state index is 0. The molecule has 0 aliphatic carbocycles. The van der Waals surface area contributed by atoms with Crippen molar-refractivity contribution < 1.29 is 0 Å². The number of halogens is 1. The third kappa shape index (κ3) is 6.03. The normalized spacial score (nSPS) is 11.1. The van der Waals surface area contributed by atoms with Gasteiger partial charge in [-0.25, -0.2) is 9.67 Å². The van der Waals surface area contributed by atoms with Gasteiger partial charge in [-0.1, -0.05) is 29.8 Å². The first-order valence-corrected chi connectivity index (χ1v) is 9.45. The Morgan fingerprint density at radius 1 is 1.00 bits per heavy atom. The summed E-state index contributed by atoms with van der Waals surface area (Å²) in [5.41, 5.74) is 6.98. The van der Waals surface area contributed by atoms with E-state index in [4.69, 9.17) is 0 Å². The molecule has 0 amide bonds. The lowest BCUT2D eigenvalue weighted by molar-refractivity contribution is 0.789. The van der Waals surface area contributed by atoms with Crippen LogP contribution >= 0.6 is 24.0 Å². The van der Waals surface area contributed by atoms with Gasteiger partial charge in [0.25, 0.3) is 0 Å². The Morgan fingerprint density at radius 3 is 2.34 bits per heavy atom. The molecule has 2 N–H and O–H groups in total. The van der Waals surface area contributed by atoms with Crippen LogP contribution in [-0.2, 0) is 13.1 Å². The van der Waals surface area contributed by atoms with Crippen molar-refractivity contribution in [2.75, 3.05) is 7.05 Å². The molecule has 3 rings (SSSR count). The van der Waals surface area contributed by atoms with Crippen molar-refractivity contribution in [3.8, 4) is 5.82 Å². The van der Waals surface area contributed by atoms with Crippen LogP contribution in [0.4, 0.5) is 0 Å². The summed E-state index contributed by atoms with van der Waals surface area (Å²) in [7, 11) is 1.78. The number of rotatable bonds is 5. The zero-order valence-corrected chi connectivity index (χ0v) is 20.0. The predicted molar refractivity (Wildman–Crippen MR) is 129 cm³/mol. The Morgan fingerprint density at radius 2 is 1.76 bits per heavy atom. The van der Waals surface area contributed by atoms with E-state index < -0.39 is 0 Å². The molecule has 7 heteroatoms. The highest BCUT2D eigenvalue weighted by molar-refractivity contribution is 14.0. The van der Waals surface area contributed by atoms with Crippen LogP contribution in [0.25, 0.3) is 5.82 Å². The second kappa shape index (κ2) is 10.4. The van der Waals surface area contributed by atoms with E-state index in [1.165, 1.54) is 16.7 Å². The number of aliphatic imine (C=N–C) groups is 1. The van der Waals surface area contributed by atoms with E-state index in [2.05, 4.69) is 63.8 Å². The van der Waals surface area contributed by atoms with Crippen molar-refractivity contribution in [1.82, 2.24) is 25.4 Å². The van der Waals surface area contributed by atoms with Crippen molar-refractivity contribution >= 4 is 29.9 Å². The SMILES string of the molecule is CN=C(NCc1ccc(-n2nc(C)cc2C)nc1)NCc1ccc(C)cc1C.I. The predicted octanol–water partition coefficient (Wildman–Crippen LogP) is 3.98. The maximum atomic E-state index is 4.54. The van der Waals surface area contributed by atoms with Gasteiger partial charge < -0.3 is 10.6 Å². The summed E-state index contributed by atoms with van der Waals surface area (Å²) in [6.45, 7) is 9.65. The van der Waals surface area contributed by atoms with Crippen molar-refractivity contribution in [2.45, 2.75) is 40.8 Å². The average Bonchev–Trinajstić information content (AvgIpc) is 3.02. The van der Waals surface area contributed by atoms with Crippen LogP contribution in [0.2, 0.25) is 0 Å². The maximum Gasteiger partial charge on any atom is 0.191 e. The quantitative estimate of drug-likeness (QED) is 0.314. The smallest absolute Gasteiger partial charge is 0.191 e. The zero-order valence-electron chi connectivity index (χ0n) is 17.7. The molecule has 2 aromatic heterocycles. The second-order valence-electron chi connectivity index (χ2n) is 7.07. The molecular formula is C22H29IN6. The maximum absolute atomic E-state index is 4.54. The van der Waals surface area contributed by atoms with Crippen LogP contribution < -0.4 is 10.6 Å². The molecule has 29 heavy (non-hydrogen) atoms. The molecule has 1 aromatic carbocycles. The van der Waals surface area contributed by atoms with Gasteiger partial charge in [-0.2, -0.15) is 5.10 Å². The van der Waals surface area contributed by atoms with Crippen molar-refractivity contribution in [3.63, 3.8) is 0 Å². The summed E-state index contributed by atoms with van der Waals surface area (Å²) >= 11 is 0. The molecular weight excluding hydrogens is 475 g/mol. The number of hydrogen-bond acceptors (Lipinski definition) is 3. The fourth-order valence-electron chi connectivity index (χ4n) is 3.14. The largest absolute Gasteiger partial charge is 0.352 e. The lowest BCUT2D eigenvalue weighted by atomic mass is 10.1. The molecule has 0 spiro atoms. The summed E-state index contributed by atoms with van der Waals surface area (Å²) in [6.07, 6.45) is 1.87. The summed E-state index contributed by atoms with van der Waals surface area (Å²) < 4.78 is 1.86. The zero-order chi connectivity index (χ0) is 20.1. The first-order valence-electron chi connectivity index (χ1n) is 9.45. The summed E-state index contributed by atoms with van der Waals surface area (Å²) in [5.74, 6) is 1.59. The highest BCUT2D eigenvalue weighted by Crippen LogP contribution is 2.11. The number of benzene rings is 1. The van der Waals surface area contributed by atoms with Crippen LogP contribution in [0, 0.1) is 27.7 Å². The molecule has 154 valence electrons. The molecule has 0 bridgehead atoms. The summed E-state index contributed by atoms with van der Waals surface area (Å²) in [6, 6.07) is 12.6. The topological polar surface area (TPSA) is 67.1 Å². The van der Waals surface area contributed by atoms with Gasteiger partial charge in [0.15, 0.2) is 11.8 Å². The molecule has 0 unspecified atom stereocenters. The fraction of sp³-hybridized carbons (Fsp3) is 0.318. The molecule has 2 heterocycles. The van der Waals surface area contributed by atoms with Gasteiger partial charge in [-0.05, 0) is 56.5 Å². The van der Waals surface area contributed by atoms with E-state index in [-0.39, 0.29) is 24.0 Å². The lowest BCUT2D eigenvalue weighted by Gasteiger charge is -2.13. The van der Waals surface area contributed by atoms with Gasteiger partial charge in [0.2, 0.25) is 0 Å². The summed E-state index contributed by atoms with van der Waals surface area (Å²) in [5, 5.41) is 11.2. The van der Waals surface area contributed by atoms with Gasteiger partial charge in [0.05, 0.1) is 5.69 Å². The van der Waals surface area contributed by atoms with Crippen LogP contribution in [0.1, 0.15) is 33.6 Å².